The maximum atomic E-state index is 12.5. The van der Waals surface area contributed by atoms with E-state index in [9.17, 15) is 14.7 Å². The predicted molar refractivity (Wildman–Crippen MR) is 95.1 cm³/mol. The van der Waals surface area contributed by atoms with Crippen LogP contribution in [0.25, 0.3) is 6.08 Å². The Morgan fingerprint density at radius 1 is 1.26 bits per heavy atom. The number of rotatable bonds is 3. The zero-order valence-corrected chi connectivity index (χ0v) is 15.0. The van der Waals surface area contributed by atoms with Gasteiger partial charge in [0.05, 0.1) is 9.38 Å². The third kappa shape index (κ3) is 3.80. The van der Waals surface area contributed by atoms with Gasteiger partial charge in [-0.25, -0.2) is 0 Å². The molecule has 3 rings (SSSR count). The summed E-state index contributed by atoms with van der Waals surface area (Å²) >= 11 is 4.25. The van der Waals surface area contributed by atoms with Crippen molar-refractivity contribution in [1.29, 1.82) is 0 Å². The lowest BCUT2D eigenvalue weighted by Gasteiger charge is -2.25. The van der Waals surface area contributed by atoms with Crippen molar-refractivity contribution in [2.75, 3.05) is 6.54 Å². The van der Waals surface area contributed by atoms with Crippen molar-refractivity contribution >= 4 is 44.9 Å². The summed E-state index contributed by atoms with van der Waals surface area (Å²) < 4.78 is 0.563. The summed E-state index contributed by atoms with van der Waals surface area (Å²) in [5, 5.41) is 9.34. The highest BCUT2D eigenvalue weighted by atomic mass is 79.9. The number of thioether (sulfide) groups is 1. The standard InChI is InChI=1S/C17H18BrNO3S/c18-13-8-12(6-7-14(13)20)9-15-16(21)19(17(22)23-15)10-11-4-2-1-3-5-11/h6-9,11,20H,1-5,10H2. The summed E-state index contributed by atoms with van der Waals surface area (Å²) in [6, 6.07) is 5.00. The number of halogens is 1. The van der Waals surface area contributed by atoms with Crippen LogP contribution in [0.4, 0.5) is 4.79 Å². The van der Waals surface area contributed by atoms with Gasteiger partial charge in [-0.05, 0) is 70.2 Å². The molecule has 6 heteroatoms. The minimum atomic E-state index is -0.199. The summed E-state index contributed by atoms with van der Waals surface area (Å²) in [7, 11) is 0. The van der Waals surface area contributed by atoms with Crippen molar-refractivity contribution < 1.29 is 14.7 Å². The van der Waals surface area contributed by atoms with Gasteiger partial charge >= 0.3 is 0 Å². The molecule has 1 N–H and O–H groups in total. The molecule has 1 aromatic rings. The Bertz CT molecular complexity index is 668. The Morgan fingerprint density at radius 2 is 2.00 bits per heavy atom. The van der Waals surface area contributed by atoms with Crippen LogP contribution in [0.15, 0.2) is 27.6 Å². The molecule has 0 bridgehead atoms. The van der Waals surface area contributed by atoms with Crippen LogP contribution in [0.3, 0.4) is 0 Å². The maximum absolute atomic E-state index is 12.5. The maximum Gasteiger partial charge on any atom is 0.293 e. The molecule has 122 valence electrons. The molecule has 2 aliphatic rings. The van der Waals surface area contributed by atoms with Gasteiger partial charge in [0.2, 0.25) is 0 Å². The van der Waals surface area contributed by atoms with Gasteiger partial charge in [-0.3, -0.25) is 14.5 Å². The van der Waals surface area contributed by atoms with Gasteiger partial charge < -0.3 is 5.11 Å². The van der Waals surface area contributed by atoms with Gasteiger partial charge in [-0.1, -0.05) is 25.3 Å². The first-order valence-corrected chi connectivity index (χ1v) is 9.39. The molecule has 4 nitrogen and oxygen atoms in total. The third-order valence-corrected chi connectivity index (χ3v) is 5.85. The molecule has 1 heterocycles. The number of carbonyl (C=O) groups is 2. The molecule has 1 saturated carbocycles. The van der Waals surface area contributed by atoms with Crippen LogP contribution in [0.2, 0.25) is 0 Å². The first kappa shape index (κ1) is 16.6. The van der Waals surface area contributed by atoms with Crippen LogP contribution in [0.1, 0.15) is 37.7 Å². The lowest BCUT2D eigenvalue weighted by atomic mass is 9.89. The van der Waals surface area contributed by atoms with E-state index in [1.54, 1.807) is 24.3 Å². The van der Waals surface area contributed by atoms with Gasteiger partial charge in [0.25, 0.3) is 11.1 Å². The summed E-state index contributed by atoms with van der Waals surface area (Å²) in [5.74, 6) is 0.391. The quantitative estimate of drug-likeness (QED) is 0.748. The minimum Gasteiger partial charge on any atom is -0.507 e. The zero-order valence-electron chi connectivity index (χ0n) is 12.6. The van der Waals surface area contributed by atoms with Crippen molar-refractivity contribution in [2.24, 2.45) is 5.92 Å². The summed E-state index contributed by atoms with van der Waals surface area (Å²) in [5.41, 5.74) is 0.776. The van der Waals surface area contributed by atoms with Crippen LogP contribution in [0, 0.1) is 5.92 Å². The number of hydrogen-bond donors (Lipinski definition) is 1. The SMILES string of the molecule is O=C1SC(=Cc2ccc(O)c(Br)c2)C(=O)N1CC1CCCCC1. The first-order chi connectivity index (χ1) is 11.0. The van der Waals surface area contributed by atoms with Crippen molar-refractivity contribution in [3.63, 3.8) is 0 Å². The van der Waals surface area contributed by atoms with E-state index in [0.717, 1.165) is 30.2 Å². The van der Waals surface area contributed by atoms with Gasteiger partial charge in [-0.2, -0.15) is 0 Å². The Morgan fingerprint density at radius 3 is 2.70 bits per heavy atom. The molecular weight excluding hydrogens is 378 g/mol. The Hall–Kier alpha value is -1.27. The molecule has 1 aromatic carbocycles. The molecule has 2 amide bonds. The number of benzene rings is 1. The summed E-state index contributed by atoms with van der Waals surface area (Å²) in [6.45, 7) is 0.543. The van der Waals surface area contributed by atoms with E-state index in [1.165, 1.54) is 24.2 Å². The molecule has 1 saturated heterocycles. The van der Waals surface area contributed by atoms with E-state index in [2.05, 4.69) is 15.9 Å². The monoisotopic (exact) mass is 395 g/mol. The van der Waals surface area contributed by atoms with Crippen LogP contribution in [-0.2, 0) is 4.79 Å². The second-order valence-corrected chi connectivity index (χ2v) is 7.85. The second-order valence-electron chi connectivity index (χ2n) is 6.01. The van der Waals surface area contributed by atoms with E-state index < -0.39 is 0 Å². The van der Waals surface area contributed by atoms with E-state index >= 15 is 0 Å². The minimum absolute atomic E-state index is 0.146. The van der Waals surface area contributed by atoms with Crippen LogP contribution >= 0.6 is 27.7 Å². The smallest absolute Gasteiger partial charge is 0.293 e. The van der Waals surface area contributed by atoms with Crippen LogP contribution < -0.4 is 0 Å². The van der Waals surface area contributed by atoms with E-state index in [1.807, 2.05) is 0 Å². The Labute approximate surface area is 148 Å². The fraction of sp³-hybridized carbons (Fsp3) is 0.412. The number of nitrogens with zero attached hydrogens (tertiary/aromatic N) is 1. The normalized spacial score (nSPS) is 21.4. The number of carbonyl (C=O) groups excluding carboxylic acids is 2. The van der Waals surface area contributed by atoms with Crippen molar-refractivity contribution in [2.45, 2.75) is 32.1 Å². The topological polar surface area (TPSA) is 57.6 Å². The number of imide groups is 1. The zero-order chi connectivity index (χ0) is 16.4. The molecule has 0 radical (unpaired) electrons. The van der Waals surface area contributed by atoms with Crippen molar-refractivity contribution in [3.05, 3.63) is 33.1 Å². The average Bonchev–Trinajstić information content (AvgIpc) is 2.80. The molecule has 0 aromatic heterocycles. The molecule has 0 atom stereocenters. The Balaban J connectivity index is 1.74. The van der Waals surface area contributed by atoms with Crippen LogP contribution in [-0.4, -0.2) is 27.7 Å². The van der Waals surface area contributed by atoms with Gasteiger partial charge in [-0.15, -0.1) is 0 Å². The number of phenols is 1. The second kappa shape index (κ2) is 7.09. The number of aromatic hydroxyl groups is 1. The average molecular weight is 396 g/mol. The molecule has 2 fully saturated rings. The van der Waals surface area contributed by atoms with Crippen LogP contribution in [0.5, 0.6) is 5.75 Å². The van der Waals surface area contributed by atoms with Gasteiger partial charge in [0.15, 0.2) is 0 Å². The van der Waals surface area contributed by atoms with Crippen molar-refractivity contribution in [3.8, 4) is 5.75 Å². The van der Waals surface area contributed by atoms with E-state index in [4.69, 9.17) is 0 Å². The summed E-state index contributed by atoms with van der Waals surface area (Å²) in [6.07, 6.45) is 7.55. The molecule has 23 heavy (non-hydrogen) atoms. The molecule has 1 aliphatic heterocycles. The molecule has 0 unspecified atom stereocenters. The predicted octanol–water partition coefficient (Wildman–Crippen LogP) is 4.77. The van der Waals surface area contributed by atoms with Crippen molar-refractivity contribution in [1.82, 2.24) is 4.90 Å². The molecule has 0 spiro atoms. The van der Waals surface area contributed by atoms with E-state index in [0.29, 0.717) is 21.8 Å². The lowest BCUT2D eigenvalue weighted by molar-refractivity contribution is -0.123. The highest BCUT2D eigenvalue weighted by Crippen LogP contribution is 2.35. The molecule has 1 aliphatic carbocycles. The highest BCUT2D eigenvalue weighted by Gasteiger charge is 2.36. The Kier molecular flexibility index (Phi) is 5.11. The van der Waals surface area contributed by atoms with Gasteiger partial charge in [0, 0.05) is 6.54 Å². The lowest BCUT2D eigenvalue weighted by Crippen LogP contribution is -2.34. The number of phenolic OH excluding ortho intramolecular Hbond substituents is 1. The number of amides is 2. The summed E-state index contributed by atoms with van der Waals surface area (Å²) in [4.78, 5) is 26.5. The highest BCUT2D eigenvalue weighted by molar-refractivity contribution is 9.10. The fourth-order valence-electron chi connectivity index (χ4n) is 3.05. The number of hydrogen-bond acceptors (Lipinski definition) is 4. The largest absolute Gasteiger partial charge is 0.507 e. The molecular formula is C17H18BrNO3S. The third-order valence-electron chi connectivity index (χ3n) is 4.31. The van der Waals surface area contributed by atoms with Gasteiger partial charge in [0.1, 0.15) is 5.75 Å². The van der Waals surface area contributed by atoms with E-state index in [-0.39, 0.29) is 16.9 Å². The fourth-order valence-corrected chi connectivity index (χ4v) is 4.29. The first-order valence-electron chi connectivity index (χ1n) is 7.78.